The number of anilines is 1. The largest absolute Gasteiger partial charge is 0.355 e. The number of carbonyl (C=O) groups excluding carboxylic acids is 2. The van der Waals surface area contributed by atoms with Crippen LogP contribution < -0.4 is 9.62 Å². The van der Waals surface area contributed by atoms with Crippen molar-refractivity contribution in [3.63, 3.8) is 0 Å². The first-order chi connectivity index (χ1) is 18.1. The average molecular weight is 560 g/mol. The highest BCUT2D eigenvalue weighted by atomic mass is 35.5. The Labute approximate surface area is 228 Å². The molecule has 202 valence electrons. The minimum Gasteiger partial charge on any atom is -0.355 e. The molecule has 0 fully saturated rings. The lowest BCUT2D eigenvalue weighted by atomic mass is 10.1. The molecular weight excluding hydrogens is 529 g/mol. The molecule has 3 aromatic carbocycles. The van der Waals surface area contributed by atoms with Gasteiger partial charge < -0.3 is 10.2 Å². The lowest BCUT2D eigenvalue weighted by molar-refractivity contribution is -0.140. The SMILES string of the molecule is CCNC(=O)[C@@H](CC)N(Cc1ccc(Cl)cc1)C(=O)CN(c1ccc(C)cc1)S(=O)(=O)c1ccc(F)cc1. The Morgan fingerprint density at radius 2 is 1.55 bits per heavy atom. The molecular formula is C28H31ClFN3O4S. The number of aryl methyl sites for hydroxylation is 1. The summed E-state index contributed by atoms with van der Waals surface area (Å²) in [6.45, 7) is 5.32. The molecule has 1 atom stereocenters. The van der Waals surface area contributed by atoms with Crippen LogP contribution in [-0.4, -0.2) is 44.3 Å². The van der Waals surface area contributed by atoms with Crippen LogP contribution in [0, 0.1) is 12.7 Å². The molecule has 10 heteroatoms. The zero-order chi connectivity index (χ0) is 27.9. The molecule has 0 bridgehead atoms. The molecule has 0 aromatic heterocycles. The minimum atomic E-state index is -4.25. The number of rotatable bonds is 11. The number of amides is 2. The van der Waals surface area contributed by atoms with E-state index in [1.807, 2.05) is 6.92 Å². The van der Waals surface area contributed by atoms with Crippen molar-refractivity contribution in [3.05, 3.63) is 94.8 Å². The van der Waals surface area contributed by atoms with Crippen molar-refractivity contribution in [2.45, 2.75) is 44.7 Å². The van der Waals surface area contributed by atoms with E-state index in [1.54, 1.807) is 62.4 Å². The van der Waals surface area contributed by atoms with Gasteiger partial charge in [-0.2, -0.15) is 0 Å². The third kappa shape index (κ3) is 7.11. The van der Waals surface area contributed by atoms with Crippen LogP contribution in [0.2, 0.25) is 5.02 Å². The summed E-state index contributed by atoms with van der Waals surface area (Å²) in [5.41, 5.74) is 1.91. The molecule has 38 heavy (non-hydrogen) atoms. The van der Waals surface area contributed by atoms with E-state index in [9.17, 15) is 22.4 Å². The highest BCUT2D eigenvalue weighted by Gasteiger charge is 2.33. The first-order valence-corrected chi connectivity index (χ1v) is 14.0. The fourth-order valence-electron chi connectivity index (χ4n) is 3.97. The van der Waals surface area contributed by atoms with Gasteiger partial charge in [-0.15, -0.1) is 0 Å². The van der Waals surface area contributed by atoms with Gasteiger partial charge in [0, 0.05) is 18.1 Å². The van der Waals surface area contributed by atoms with Crippen LogP contribution in [0.5, 0.6) is 0 Å². The summed E-state index contributed by atoms with van der Waals surface area (Å²) in [4.78, 5) is 28.0. The van der Waals surface area contributed by atoms with Crippen molar-refractivity contribution in [2.24, 2.45) is 0 Å². The molecule has 0 heterocycles. The Morgan fingerprint density at radius 1 is 0.947 bits per heavy atom. The highest BCUT2D eigenvalue weighted by Crippen LogP contribution is 2.25. The second kappa shape index (κ2) is 12.9. The molecule has 1 N–H and O–H groups in total. The third-order valence-electron chi connectivity index (χ3n) is 6.01. The molecule has 2 amide bonds. The summed E-state index contributed by atoms with van der Waals surface area (Å²) in [6.07, 6.45) is 0.320. The second-order valence-electron chi connectivity index (χ2n) is 8.77. The average Bonchev–Trinajstić information content (AvgIpc) is 2.89. The summed E-state index contributed by atoms with van der Waals surface area (Å²) in [5.74, 6) is -1.48. The maximum atomic E-state index is 13.9. The molecule has 0 aliphatic carbocycles. The van der Waals surface area contributed by atoms with Crippen LogP contribution in [0.15, 0.2) is 77.7 Å². The van der Waals surface area contributed by atoms with E-state index in [1.165, 1.54) is 4.90 Å². The number of nitrogens with one attached hydrogen (secondary N) is 1. The standard InChI is InChI=1S/C28H31ClFN3O4S/c1-4-26(28(35)31-5-2)32(18-21-8-10-22(29)11-9-21)27(34)19-33(24-14-6-20(3)7-15-24)38(36,37)25-16-12-23(30)13-17-25/h6-17,26H,4-5,18-19H2,1-3H3,(H,31,35)/t26-/m1/s1. The fourth-order valence-corrected chi connectivity index (χ4v) is 5.51. The molecule has 3 aromatic rings. The van der Waals surface area contributed by atoms with Gasteiger partial charge in [0.25, 0.3) is 10.0 Å². The molecule has 7 nitrogen and oxygen atoms in total. The predicted molar refractivity (Wildman–Crippen MR) is 147 cm³/mol. The van der Waals surface area contributed by atoms with Crippen molar-refractivity contribution in [1.82, 2.24) is 10.2 Å². The van der Waals surface area contributed by atoms with Gasteiger partial charge in [-0.3, -0.25) is 13.9 Å². The van der Waals surface area contributed by atoms with Gasteiger partial charge in [0.1, 0.15) is 18.4 Å². The summed E-state index contributed by atoms with van der Waals surface area (Å²) in [7, 11) is -4.25. The maximum absolute atomic E-state index is 13.9. The van der Waals surface area contributed by atoms with Gasteiger partial charge in [0.15, 0.2) is 0 Å². The van der Waals surface area contributed by atoms with Crippen LogP contribution >= 0.6 is 11.6 Å². The Hall–Kier alpha value is -3.43. The summed E-state index contributed by atoms with van der Waals surface area (Å²) >= 11 is 6.02. The first-order valence-electron chi connectivity index (χ1n) is 12.2. The van der Waals surface area contributed by atoms with E-state index in [4.69, 9.17) is 11.6 Å². The fraction of sp³-hybridized carbons (Fsp3) is 0.286. The topological polar surface area (TPSA) is 86.8 Å². The smallest absolute Gasteiger partial charge is 0.264 e. The number of hydrogen-bond acceptors (Lipinski definition) is 4. The van der Waals surface area contributed by atoms with E-state index >= 15 is 0 Å². The molecule has 0 saturated carbocycles. The molecule has 0 radical (unpaired) electrons. The third-order valence-corrected chi connectivity index (χ3v) is 8.05. The number of carbonyl (C=O) groups is 2. The number of benzene rings is 3. The Morgan fingerprint density at radius 3 is 2.11 bits per heavy atom. The number of hydrogen-bond donors (Lipinski definition) is 1. The maximum Gasteiger partial charge on any atom is 0.264 e. The quantitative estimate of drug-likeness (QED) is 0.361. The van der Waals surface area contributed by atoms with Gasteiger partial charge in [0.05, 0.1) is 10.6 Å². The van der Waals surface area contributed by atoms with Crippen LogP contribution in [-0.2, 0) is 26.2 Å². The Kier molecular flexibility index (Phi) is 9.88. The van der Waals surface area contributed by atoms with Gasteiger partial charge in [-0.25, -0.2) is 12.8 Å². The number of halogens is 2. The molecule has 0 aliphatic rings. The number of likely N-dealkylation sites (N-methyl/N-ethyl adjacent to an activating group) is 1. The molecule has 0 saturated heterocycles. The Bertz CT molecular complexity index is 1350. The summed E-state index contributed by atoms with van der Waals surface area (Å²) < 4.78 is 41.9. The van der Waals surface area contributed by atoms with E-state index in [0.29, 0.717) is 18.0 Å². The van der Waals surface area contributed by atoms with Crippen molar-refractivity contribution in [1.29, 1.82) is 0 Å². The lowest BCUT2D eigenvalue weighted by Gasteiger charge is -2.33. The number of nitrogens with zero attached hydrogens (tertiary/aromatic N) is 2. The zero-order valence-corrected chi connectivity index (χ0v) is 23.1. The molecule has 0 unspecified atom stereocenters. The lowest BCUT2D eigenvalue weighted by Crippen LogP contribution is -2.52. The predicted octanol–water partition coefficient (Wildman–Crippen LogP) is 4.93. The van der Waals surface area contributed by atoms with Crippen molar-refractivity contribution < 1.29 is 22.4 Å². The van der Waals surface area contributed by atoms with E-state index in [-0.39, 0.29) is 23.0 Å². The zero-order valence-electron chi connectivity index (χ0n) is 21.5. The van der Waals surface area contributed by atoms with E-state index in [0.717, 1.165) is 39.7 Å². The number of sulfonamides is 1. The first kappa shape index (κ1) is 29.1. The normalized spacial score (nSPS) is 12.0. The highest BCUT2D eigenvalue weighted by molar-refractivity contribution is 7.92. The Balaban J connectivity index is 2.04. The van der Waals surface area contributed by atoms with Crippen molar-refractivity contribution in [3.8, 4) is 0 Å². The van der Waals surface area contributed by atoms with Gasteiger partial charge in [-0.05, 0) is 74.4 Å². The van der Waals surface area contributed by atoms with Crippen LogP contribution in [0.1, 0.15) is 31.4 Å². The molecule has 0 aliphatic heterocycles. The van der Waals surface area contributed by atoms with Gasteiger partial charge >= 0.3 is 0 Å². The molecule has 3 rings (SSSR count). The van der Waals surface area contributed by atoms with E-state index in [2.05, 4.69) is 5.32 Å². The monoisotopic (exact) mass is 559 g/mol. The molecule has 0 spiro atoms. The summed E-state index contributed by atoms with van der Waals surface area (Å²) in [6, 6.07) is 17.2. The van der Waals surface area contributed by atoms with E-state index < -0.39 is 34.3 Å². The van der Waals surface area contributed by atoms with Gasteiger partial charge in [0.2, 0.25) is 11.8 Å². The summed E-state index contributed by atoms with van der Waals surface area (Å²) in [5, 5.41) is 3.28. The van der Waals surface area contributed by atoms with Crippen LogP contribution in [0.25, 0.3) is 0 Å². The minimum absolute atomic E-state index is 0.0734. The van der Waals surface area contributed by atoms with Crippen LogP contribution in [0.4, 0.5) is 10.1 Å². The second-order valence-corrected chi connectivity index (χ2v) is 11.1. The van der Waals surface area contributed by atoms with Crippen molar-refractivity contribution >= 4 is 39.1 Å². The van der Waals surface area contributed by atoms with Gasteiger partial charge in [-0.1, -0.05) is 48.4 Å². The van der Waals surface area contributed by atoms with Crippen LogP contribution in [0.3, 0.4) is 0 Å². The van der Waals surface area contributed by atoms with Crippen molar-refractivity contribution in [2.75, 3.05) is 17.4 Å².